The third kappa shape index (κ3) is 2.56. The number of nitrogens with one attached hydrogen (secondary N) is 1. The molecular formula is C13H11F4N3. The van der Waals surface area contributed by atoms with Crippen LogP contribution in [0, 0.1) is 12.7 Å². The summed E-state index contributed by atoms with van der Waals surface area (Å²) in [7, 11) is 1.66. The van der Waals surface area contributed by atoms with Gasteiger partial charge in [0.25, 0.3) is 0 Å². The van der Waals surface area contributed by atoms with E-state index in [1.807, 2.05) is 0 Å². The van der Waals surface area contributed by atoms with E-state index in [1.165, 1.54) is 12.4 Å². The lowest BCUT2D eigenvalue weighted by Crippen LogP contribution is -2.08. The monoisotopic (exact) mass is 285 g/mol. The molecule has 2 aromatic rings. The normalized spacial score (nSPS) is 11.5. The van der Waals surface area contributed by atoms with Crippen LogP contribution in [0.25, 0.3) is 11.3 Å². The van der Waals surface area contributed by atoms with Gasteiger partial charge in [-0.25, -0.2) is 14.4 Å². The third-order valence-corrected chi connectivity index (χ3v) is 2.87. The molecule has 1 N–H and O–H groups in total. The highest BCUT2D eigenvalue weighted by molar-refractivity contribution is 5.68. The van der Waals surface area contributed by atoms with E-state index < -0.39 is 17.6 Å². The van der Waals surface area contributed by atoms with Gasteiger partial charge in [-0.3, -0.25) is 0 Å². The van der Waals surface area contributed by atoms with E-state index in [2.05, 4.69) is 15.3 Å². The van der Waals surface area contributed by atoms with Crippen molar-refractivity contribution in [2.75, 3.05) is 12.4 Å². The van der Waals surface area contributed by atoms with Crippen LogP contribution < -0.4 is 5.32 Å². The van der Waals surface area contributed by atoms with Crippen LogP contribution in [0.15, 0.2) is 24.5 Å². The minimum Gasteiger partial charge on any atom is -0.373 e. The number of hydrogen-bond acceptors (Lipinski definition) is 3. The second kappa shape index (κ2) is 5.07. The Morgan fingerprint density at radius 2 is 1.85 bits per heavy atom. The SMILES string of the molecule is CNc1ncnc(-c2ccc(C(F)(F)F)c(F)c2)c1C. The largest absolute Gasteiger partial charge is 0.419 e. The first kappa shape index (κ1) is 14.2. The molecule has 0 fully saturated rings. The smallest absolute Gasteiger partial charge is 0.373 e. The zero-order valence-electron chi connectivity index (χ0n) is 10.7. The van der Waals surface area contributed by atoms with Crippen LogP contribution in [0.5, 0.6) is 0 Å². The maximum absolute atomic E-state index is 13.6. The summed E-state index contributed by atoms with van der Waals surface area (Å²) in [5.41, 5.74) is -0.000155. The molecule has 106 valence electrons. The molecular weight excluding hydrogens is 274 g/mol. The molecule has 7 heteroatoms. The first-order valence-electron chi connectivity index (χ1n) is 5.71. The lowest BCUT2D eigenvalue weighted by atomic mass is 10.0. The third-order valence-electron chi connectivity index (χ3n) is 2.87. The fourth-order valence-electron chi connectivity index (χ4n) is 1.89. The predicted molar refractivity (Wildman–Crippen MR) is 66.7 cm³/mol. The molecule has 1 heterocycles. The summed E-state index contributed by atoms with van der Waals surface area (Å²) in [5, 5.41) is 2.83. The Balaban J connectivity index is 2.53. The number of aromatic nitrogens is 2. The van der Waals surface area contributed by atoms with E-state index in [9.17, 15) is 17.6 Å². The van der Waals surface area contributed by atoms with Gasteiger partial charge in [0.15, 0.2) is 0 Å². The molecule has 1 aromatic heterocycles. The van der Waals surface area contributed by atoms with Crippen LogP contribution in [0.2, 0.25) is 0 Å². The van der Waals surface area contributed by atoms with Crippen LogP contribution in [0.4, 0.5) is 23.4 Å². The van der Waals surface area contributed by atoms with E-state index in [4.69, 9.17) is 0 Å². The Bertz CT molecular complexity index is 638. The highest BCUT2D eigenvalue weighted by Crippen LogP contribution is 2.34. The van der Waals surface area contributed by atoms with Crippen molar-refractivity contribution in [3.63, 3.8) is 0 Å². The van der Waals surface area contributed by atoms with Crippen LogP contribution in [0.1, 0.15) is 11.1 Å². The van der Waals surface area contributed by atoms with Crippen molar-refractivity contribution in [1.29, 1.82) is 0 Å². The van der Waals surface area contributed by atoms with Gasteiger partial charge in [-0.15, -0.1) is 0 Å². The molecule has 0 spiro atoms. The van der Waals surface area contributed by atoms with Crippen molar-refractivity contribution in [1.82, 2.24) is 9.97 Å². The minimum absolute atomic E-state index is 0.270. The number of anilines is 1. The zero-order valence-corrected chi connectivity index (χ0v) is 10.7. The first-order valence-corrected chi connectivity index (χ1v) is 5.71. The van der Waals surface area contributed by atoms with E-state index in [0.29, 0.717) is 23.1 Å². The van der Waals surface area contributed by atoms with Gasteiger partial charge in [-0.2, -0.15) is 13.2 Å². The van der Waals surface area contributed by atoms with Gasteiger partial charge in [0.05, 0.1) is 11.3 Å². The van der Waals surface area contributed by atoms with Crippen molar-refractivity contribution < 1.29 is 17.6 Å². The number of rotatable bonds is 2. The van der Waals surface area contributed by atoms with Crippen molar-refractivity contribution in [3.8, 4) is 11.3 Å². The topological polar surface area (TPSA) is 37.8 Å². The van der Waals surface area contributed by atoms with E-state index in [-0.39, 0.29) is 5.56 Å². The highest BCUT2D eigenvalue weighted by Gasteiger charge is 2.34. The number of alkyl halides is 3. The van der Waals surface area contributed by atoms with Gasteiger partial charge in [0.2, 0.25) is 0 Å². The lowest BCUT2D eigenvalue weighted by molar-refractivity contribution is -0.139. The van der Waals surface area contributed by atoms with Crippen molar-refractivity contribution >= 4 is 5.82 Å². The van der Waals surface area contributed by atoms with E-state index in [0.717, 1.165) is 6.07 Å². The molecule has 0 amide bonds. The maximum atomic E-state index is 13.6. The molecule has 0 aliphatic heterocycles. The summed E-state index contributed by atoms with van der Waals surface area (Å²) in [5.74, 6) is -0.783. The molecule has 0 saturated heterocycles. The average molecular weight is 285 g/mol. The summed E-state index contributed by atoms with van der Waals surface area (Å²) >= 11 is 0. The van der Waals surface area contributed by atoms with Crippen LogP contribution >= 0.6 is 0 Å². The van der Waals surface area contributed by atoms with Gasteiger partial charge in [0, 0.05) is 18.2 Å². The van der Waals surface area contributed by atoms with Gasteiger partial charge >= 0.3 is 6.18 Å². The van der Waals surface area contributed by atoms with Crippen molar-refractivity contribution in [2.24, 2.45) is 0 Å². The Morgan fingerprint density at radius 1 is 1.15 bits per heavy atom. The Kier molecular flexibility index (Phi) is 3.61. The van der Waals surface area contributed by atoms with Crippen LogP contribution in [-0.4, -0.2) is 17.0 Å². The summed E-state index contributed by atoms with van der Waals surface area (Å²) in [6.07, 6.45) is -3.44. The van der Waals surface area contributed by atoms with Gasteiger partial charge < -0.3 is 5.32 Å². The average Bonchev–Trinajstić information content (AvgIpc) is 2.37. The van der Waals surface area contributed by atoms with Crippen molar-refractivity contribution in [3.05, 3.63) is 41.5 Å². The minimum atomic E-state index is -4.71. The standard InChI is InChI=1S/C13H11F4N3/c1-7-11(19-6-20-12(7)18-2)8-3-4-9(10(14)5-8)13(15,16)17/h3-6H,1-2H3,(H,18,19,20). The molecule has 0 radical (unpaired) electrons. The quantitative estimate of drug-likeness (QED) is 0.856. The van der Waals surface area contributed by atoms with Crippen LogP contribution in [0.3, 0.4) is 0 Å². The summed E-state index contributed by atoms with van der Waals surface area (Å²) in [6.45, 7) is 1.71. The Hall–Kier alpha value is -2.18. The summed E-state index contributed by atoms with van der Waals surface area (Å²) in [4.78, 5) is 7.96. The molecule has 20 heavy (non-hydrogen) atoms. The fraction of sp³-hybridized carbons (Fsp3) is 0.231. The van der Waals surface area contributed by atoms with Crippen molar-refractivity contribution in [2.45, 2.75) is 13.1 Å². The summed E-state index contributed by atoms with van der Waals surface area (Å²) in [6, 6.07) is 2.74. The molecule has 0 atom stereocenters. The molecule has 0 aliphatic carbocycles. The highest BCUT2D eigenvalue weighted by atomic mass is 19.4. The molecule has 0 saturated carbocycles. The number of halogens is 4. The van der Waals surface area contributed by atoms with Gasteiger partial charge in [0.1, 0.15) is 18.0 Å². The number of nitrogens with zero attached hydrogens (tertiary/aromatic N) is 2. The number of benzene rings is 1. The Morgan fingerprint density at radius 3 is 2.40 bits per heavy atom. The number of hydrogen-bond donors (Lipinski definition) is 1. The Labute approximate surface area is 112 Å². The van der Waals surface area contributed by atoms with E-state index >= 15 is 0 Å². The molecule has 0 unspecified atom stereocenters. The fourth-order valence-corrected chi connectivity index (χ4v) is 1.89. The van der Waals surface area contributed by atoms with E-state index in [1.54, 1.807) is 14.0 Å². The zero-order chi connectivity index (χ0) is 14.9. The van der Waals surface area contributed by atoms with Gasteiger partial charge in [-0.1, -0.05) is 6.07 Å². The second-order valence-corrected chi connectivity index (χ2v) is 4.14. The lowest BCUT2D eigenvalue weighted by Gasteiger charge is -2.11. The van der Waals surface area contributed by atoms with Crippen LogP contribution in [-0.2, 0) is 6.18 Å². The molecule has 0 bridgehead atoms. The van der Waals surface area contributed by atoms with Gasteiger partial charge in [-0.05, 0) is 19.1 Å². The molecule has 3 nitrogen and oxygen atoms in total. The second-order valence-electron chi connectivity index (χ2n) is 4.14. The summed E-state index contributed by atoms with van der Waals surface area (Å²) < 4.78 is 51.1. The molecule has 0 aliphatic rings. The maximum Gasteiger partial charge on any atom is 0.419 e. The molecule has 2 rings (SSSR count). The molecule has 1 aromatic carbocycles. The predicted octanol–water partition coefficient (Wildman–Crippen LogP) is 3.65. The first-order chi connectivity index (χ1) is 9.34.